The summed E-state index contributed by atoms with van der Waals surface area (Å²) >= 11 is 0. The van der Waals surface area contributed by atoms with E-state index in [1.54, 1.807) is 0 Å². The molecule has 3 N–H and O–H groups in total. The predicted molar refractivity (Wildman–Crippen MR) is 62.5 cm³/mol. The van der Waals surface area contributed by atoms with E-state index in [2.05, 4.69) is 12.2 Å². The third kappa shape index (κ3) is 1.88. The van der Waals surface area contributed by atoms with Crippen molar-refractivity contribution < 1.29 is 9.53 Å². The fraction of sp³-hybridized carbons (Fsp3) is 0.417. The summed E-state index contributed by atoms with van der Waals surface area (Å²) in [5.41, 5.74) is 7.32. The highest BCUT2D eigenvalue weighted by atomic mass is 16.5. The Labute approximate surface area is 94.8 Å². The average Bonchev–Trinajstić information content (AvgIpc) is 2.29. The molecule has 1 atom stereocenters. The summed E-state index contributed by atoms with van der Waals surface area (Å²) < 4.78 is 5.71. The van der Waals surface area contributed by atoms with E-state index in [4.69, 9.17) is 10.5 Å². The van der Waals surface area contributed by atoms with Crippen molar-refractivity contribution in [1.29, 1.82) is 0 Å². The first-order chi connectivity index (χ1) is 7.76. The van der Waals surface area contributed by atoms with E-state index < -0.39 is 6.10 Å². The molecule has 4 heteroatoms. The normalized spacial score (nSPS) is 18.6. The van der Waals surface area contributed by atoms with Crippen molar-refractivity contribution in [3.8, 4) is 5.75 Å². The van der Waals surface area contributed by atoms with Gasteiger partial charge in [-0.15, -0.1) is 0 Å². The number of aryl methyl sites for hydroxylation is 1. The lowest BCUT2D eigenvalue weighted by Crippen LogP contribution is -2.38. The number of amides is 1. The van der Waals surface area contributed by atoms with Crippen molar-refractivity contribution in [3.05, 3.63) is 23.8 Å². The minimum absolute atomic E-state index is 0.105. The second-order valence-corrected chi connectivity index (χ2v) is 3.82. The Morgan fingerprint density at radius 2 is 2.31 bits per heavy atom. The molecule has 0 saturated heterocycles. The number of fused-ring (bicyclic) bond motifs is 1. The maximum Gasteiger partial charge on any atom is 0.265 e. The molecule has 0 bridgehead atoms. The van der Waals surface area contributed by atoms with Crippen LogP contribution >= 0.6 is 0 Å². The first-order valence-electron chi connectivity index (χ1n) is 5.55. The molecule has 86 valence electrons. The maximum atomic E-state index is 11.7. The monoisotopic (exact) mass is 220 g/mol. The number of anilines is 1. The Morgan fingerprint density at radius 3 is 3.00 bits per heavy atom. The van der Waals surface area contributed by atoms with Gasteiger partial charge < -0.3 is 15.8 Å². The number of carbonyl (C=O) groups is 1. The van der Waals surface area contributed by atoms with Crippen LogP contribution in [-0.4, -0.2) is 18.6 Å². The van der Waals surface area contributed by atoms with Crippen LogP contribution in [0.2, 0.25) is 0 Å². The van der Waals surface area contributed by atoms with Gasteiger partial charge in [0.05, 0.1) is 5.69 Å². The van der Waals surface area contributed by atoms with Crippen LogP contribution in [0.25, 0.3) is 0 Å². The number of benzene rings is 1. The number of nitrogens with one attached hydrogen (secondary N) is 1. The van der Waals surface area contributed by atoms with Gasteiger partial charge in [-0.2, -0.15) is 0 Å². The molecule has 1 heterocycles. The first-order valence-corrected chi connectivity index (χ1v) is 5.55. The fourth-order valence-electron chi connectivity index (χ4n) is 1.85. The summed E-state index contributed by atoms with van der Waals surface area (Å²) in [6, 6.07) is 5.78. The van der Waals surface area contributed by atoms with Crippen molar-refractivity contribution in [3.63, 3.8) is 0 Å². The fourth-order valence-corrected chi connectivity index (χ4v) is 1.85. The van der Waals surface area contributed by atoms with Crippen LogP contribution in [0.3, 0.4) is 0 Å². The molecule has 2 rings (SSSR count). The van der Waals surface area contributed by atoms with Crippen molar-refractivity contribution in [2.75, 3.05) is 11.9 Å². The van der Waals surface area contributed by atoms with Crippen molar-refractivity contribution in [1.82, 2.24) is 0 Å². The van der Waals surface area contributed by atoms with E-state index in [-0.39, 0.29) is 5.91 Å². The quantitative estimate of drug-likeness (QED) is 0.807. The van der Waals surface area contributed by atoms with E-state index in [1.807, 2.05) is 18.2 Å². The van der Waals surface area contributed by atoms with Crippen LogP contribution in [0, 0.1) is 0 Å². The summed E-state index contributed by atoms with van der Waals surface area (Å²) in [7, 11) is 0. The van der Waals surface area contributed by atoms with Crippen LogP contribution in [0.4, 0.5) is 5.69 Å². The smallest absolute Gasteiger partial charge is 0.265 e. The molecule has 0 spiro atoms. The van der Waals surface area contributed by atoms with Gasteiger partial charge in [0, 0.05) is 6.42 Å². The number of para-hydroxylation sites is 1. The molecule has 1 aromatic carbocycles. The SMILES string of the molecule is CCc1cccc2c1OC(CCN)C(=O)N2. The molecular weight excluding hydrogens is 204 g/mol. The Morgan fingerprint density at radius 1 is 1.50 bits per heavy atom. The number of carbonyl (C=O) groups excluding carboxylic acids is 1. The van der Waals surface area contributed by atoms with Crippen molar-refractivity contribution in [2.24, 2.45) is 5.73 Å². The van der Waals surface area contributed by atoms with Crippen molar-refractivity contribution in [2.45, 2.75) is 25.9 Å². The zero-order valence-corrected chi connectivity index (χ0v) is 9.32. The second kappa shape index (κ2) is 4.53. The molecule has 1 amide bonds. The summed E-state index contributed by atoms with van der Waals surface area (Å²) in [4.78, 5) is 11.7. The summed E-state index contributed by atoms with van der Waals surface area (Å²) in [6.07, 6.45) is 0.975. The number of ether oxygens (including phenoxy) is 1. The van der Waals surface area contributed by atoms with Gasteiger partial charge in [-0.1, -0.05) is 19.1 Å². The lowest BCUT2D eigenvalue weighted by atomic mass is 10.1. The largest absolute Gasteiger partial charge is 0.478 e. The van der Waals surface area contributed by atoms with Gasteiger partial charge >= 0.3 is 0 Å². The van der Waals surface area contributed by atoms with E-state index >= 15 is 0 Å². The van der Waals surface area contributed by atoms with Gasteiger partial charge in [0.2, 0.25) is 0 Å². The Bertz CT molecular complexity index is 404. The highest BCUT2D eigenvalue weighted by Gasteiger charge is 2.27. The standard InChI is InChI=1S/C12H16N2O2/c1-2-8-4-3-5-9-11(8)16-10(6-7-13)12(15)14-9/h3-5,10H,2,6-7,13H2,1H3,(H,14,15). The molecule has 1 unspecified atom stereocenters. The molecule has 0 aromatic heterocycles. The molecule has 1 aliphatic heterocycles. The molecule has 1 aromatic rings. The molecule has 0 radical (unpaired) electrons. The van der Waals surface area contributed by atoms with Crippen LogP contribution in [0.1, 0.15) is 18.9 Å². The predicted octanol–water partition coefficient (Wildman–Crippen LogP) is 1.30. The number of nitrogens with two attached hydrogens (primary N) is 1. The molecule has 0 saturated carbocycles. The molecule has 0 aliphatic carbocycles. The third-order valence-electron chi connectivity index (χ3n) is 2.72. The highest BCUT2D eigenvalue weighted by molar-refractivity contribution is 5.98. The number of rotatable bonds is 3. The summed E-state index contributed by atoms with van der Waals surface area (Å²) in [5.74, 6) is 0.689. The number of hydrogen-bond donors (Lipinski definition) is 2. The van der Waals surface area contributed by atoms with Crippen molar-refractivity contribution >= 4 is 11.6 Å². The Hall–Kier alpha value is -1.55. The molecule has 0 fully saturated rings. The lowest BCUT2D eigenvalue weighted by molar-refractivity contribution is -0.123. The van der Waals surface area contributed by atoms with Gasteiger partial charge in [-0.3, -0.25) is 4.79 Å². The van der Waals surface area contributed by atoms with Gasteiger partial charge in [-0.25, -0.2) is 0 Å². The molecule has 1 aliphatic rings. The Kier molecular flexibility index (Phi) is 3.10. The zero-order chi connectivity index (χ0) is 11.5. The molecular formula is C12H16N2O2. The van der Waals surface area contributed by atoms with Gasteiger partial charge in [0.15, 0.2) is 6.10 Å². The highest BCUT2D eigenvalue weighted by Crippen LogP contribution is 2.33. The van der Waals surface area contributed by atoms with Crippen LogP contribution in [0.5, 0.6) is 5.75 Å². The summed E-state index contributed by atoms with van der Waals surface area (Å²) in [6.45, 7) is 2.51. The minimum Gasteiger partial charge on any atom is -0.478 e. The zero-order valence-electron chi connectivity index (χ0n) is 9.32. The van der Waals surface area contributed by atoms with Gasteiger partial charge in [0.25, 0.3) is 5.91 Å². The van der Waals surface area contributed by atoms with Crippen LogP contribution in [0.15, 0.2) is 18.2 Å². The third-order valence-corrected chi connectivity index (χ3v) is 2.72. The van der Waals surface area contributed by atoms with Gasteiger partial charge in [-0.05, 0) is 24.6 Å². The number of hydrogen-bond acceptors (Lipinski definition) is 3. The minimum atomic E-state index is -0.454. The second-order valence-electron chi connectivity index (χ2n) is 3.82. The molecule has 16 heavy (non-hydrogen) atoms. The van der Waals surface area contributed by atoms with Crippen LogP contribution < -0.4 is 15.8 Å². The van der Waals surface area contributed by atoms with E-state index in [0.717, 1.165) is 23.4 Å². The topological polar surface area (TPSA) is 64.3 Å². The Balaban J connectivity index is 2.32. The average molecular weight is 220 g/mol. The summed E-state index contributed by atoms with van der Waals surface area (Å²) in [5, 5.41) is 2.85. The maximum absolute atomic E-state index is 11.7. The van der Waals surface area contributed by atoms with Gasteiger partial charge in [0.1, 0.15) is 5.75 Å². The van der Waals surface area contributed by atoms with E-state index in [0.29, 0.717) is 13.0 Å². The van der Waals surface area contributed by atoms with Crippen LogP contribution in [-0.2, 0) is 11.2 Å². The van der Waals surface area contributed by atoms with E-state index in [9.17, 15) is 4.79 Å². The molecule has 4 nitrogen and oxygen atoms in total. The lowest BCUT2D eigenvalue weighted by Gasteiger charge is -2.27. The first kappa shape index (κ1) is 11.0. The van der Waals surface area contributed by atoms with E-state index in [1.165, 1.54) is 0 Å².